The molecule has 1 saturated heterocycles. The van der Waals surface area contributed by atoms with Gasteiger partial charge in [-0.2, -0.15) is 0 Å². The van der Waals surface area contributed by atoms with Crippen molar-refractivity contribution in [1.29, 1.82) is 0 Å². The molecule has 0 radical (unpaired) electrons. The lowest BCUT2D eigenvalue weighted by atomic mass is 10.1. The summed E-state index contributed by atoms with van der Waals surface area (Å²) in [5, 5.41) is 0. The van der Waals surface area contributed by atoms with E-state index in [4.69, 9.17) is 4.74 Å². The molecule has 0 aliphatic carbocycles. The van der Waals surface area contributed by atoms with Crippen molar-refractivity contribution in [3.8, 4) is 0 Å². The minimum absolute atomic E-state index is 0.0737. The summed E-state index contributed by atoms with van der Waals surface area (Å²) >= 11 is 0. The third kappa shape index (κ3) is 4.85. The van der Waals surface area contributed by atoms with Gasteiger partial charge in [0.2, 0.25) is 10.0 Å². The first-order valence-electron chi connectivity index (χ1n) is 8.17. The molecule has 5 nitrogen and oxygen atoms in total. The number of halogens is 1. The van der Waals surface area contributed by atoms with E-state index in [0.717, 1.165) is 24.7 Å². The standard InChI is InChI=1S/C18H21FN2O3S/c19-16-7-4-8-17(13-16)25(22,23)20-18(15-5-2-1-3-6-15)14-21-9-11-24-12-10-21/h1-8,13,18,20H,9-12,14H2/t18-/m1/s1. The summed E-state index contributed by atoms with van der Waals surface area (Å²) in [7, 11) is -3.83. The molecule has 1 aliphatic rings. The molecule has 0 spiro atoms. The quantitative estimate of drug-likeness (QED) is 0.854. The van der Waals surface area contributed by atoms with Crippen LogP contribution < -0.4 is 4.72 Å². The van der Waals surface area contributed by atoms with Gasteiger partial charge in [-0.1, -0.05) is 36.4 Å². The number of sulfonamides is 1. The predicted octanol–water partition coefficient (Wildman–Crippen LogP) is 2.18. The fourth-order valence-corrected chi connectivity index (χ4v) is 4.07. The molecular weight excluding hydrogens is 343 g/mol. The fourth-order valence-electron chi connectivity index (χ4n) is 2.83. The van der Waals surface area contributed by atoms with Gasteiger partial charge in [0.15, 0.2) is 0 Å². The zero-order valence-electron chi connectivity index (χ0n) is 13.8. The summed E-state index contributed by atoms with van der Waals surface area (Å²) in [6, 6.07) is 14.0. The molecule has 0 unspecified atom stereocenters. The first-order chi connectivity index (χ1) is 12.0. The Morgan fingerprint density at radius 3 is 2.48 bits per heavy atom. The predicted molar refractivity (Wildman–Crippen MR) is 93.2 cm³/mol. The van der Waals surface area contributed by atoms with Crippen LogP contribution in [0.5, 0.6) is 0 Å². The maximum atomic E-state index is 13.4. The third-order valence-corrected chi connectivity index (χ3v) is 5.62. The summed E-state index contributed by atoms with van der Waals surface area (Å²) < 4.78 is 46.9. The number of nitrogens with zero attached hydrogens (tertiary/aromatic N) is 1. The van der Waals surface area contributed by atoms with Gasteiger partial charge >= 0.3 is 0 Å². The molecule has 0 saturated carbocycles. The van der Waals surface area contributed by atoms with E-state index in [-0.39, 0.29) is 4.90 Å². The Bertz CT molecular complexity index is 793. The Morgan fingerprint density at radius 2 is 1.80 bits per heavy atom. The van der Waals surface area contributed by atoms with E-state index in [1.54, 1.807) is 0 Å². The van der Waals surface area contributed by atoms with Gasteiger partial charge in [-0.3, -0.25) is 4.90 Å². The van der Waals surface area contributed by atoms with E-state index < -0.39 is 21.9 Å². The minimum atomic E-state index is -3.83. The number of benzene rings is 2. The van der Waals surface area contributed by atoms with Crippen LogP contribution in [0.15, 0.2) is 59.5 Å². The van der Waals surface area contributed by atoms with Gasteiger partial charge in [-0.25, -0.2) is 17.5 Å². The van der Waals surface area contributed by atoms with Gasteiger partial charge in [0.05, 0.1) is 24.2 Å². The number of hydrogen-bond donors (Lipinski definition) is 1. The Hall–Kier alpha value is -1.80. The van der Waals surface area contributed by atoms with E-state index in [1.807, 2.05) is 30.3 Å². The second-order valence-electron chi connectivity index (χ2n) is 5.95. The Balaban J connectivity index is 1.83. The van der Waals surface area contributed by atoms with E-state index in [1.165, 1.54) is 18.2 Å². The number of hydrogen-bond acceptors (Lipinski definition) is 4. The largest absolute Gasteiger partial charge is 0.379 e. The van der Waals surface area contributed by atoms with Crippen LogP contribution in [0.1, 0.15) is 11.6 Å². The molecule has 1 fully saturated rings. The highest BCUT2D eigenvalue weighted by atomic mass is 32.2. The third-order valence-electron chi connectivity index (χ3n) is 4.15. The summed E-state index contributed by atoms with van der Waals surface area (Å²) in [6.07, 6.45) is 0. The second-order valence-corrected chi connectivity index (χ2v) is 7.67. The lowest BCUT2D eigenvalue weighted by Gasteiger charge is -2.31. The maximum absolute atomic E-state index is 13.4. The van der Waals surface area contributed by atoms with Crippen molar-refractivity contribution < 1.29 is 17.5 Å². The van der Waals surface area contributed by atoms with Crippen LogP contribution >= 0.6 is 0 Å². The second kappa shape index (κ2) is 8.05. The van der Waals surface area contributed by atoms with Gasteiger partial charge in [-0.15, -0.1) is 0 Å². The van der Waals surface area contributed by atoms with Crippen molar-refractivity contribution in [3.05, 3.63) is 66.0 Å². The highest BCUT2D eigenvalue weighted by Crippen LogP contribution is 2.19. The van der Waals surface area contributed by atoms with Gasteiger partial charge in [0.25, 0.3) is 0 Å². The Labute approximate surface area is 147 Å². The number of ether oxygens (including phenoxy) is 1. The van der Waals surface area contributed by atoms with Crippen LogP contribution in [-0.2, 0) is 14.8 Å². The average molecular weight is 364 g/mol. The van der Waals surface area contributed by atoms with Crippen molar-refractivity contribution in [1.82, 2.24) is 9.62 Å². The zero-order chi connectivity index (χ0) is 17.7. The molecule has 7 heteroatoms. The Kier molecular flexibility index (Phi) is 5.80. The number of morpholine rings is 1. The molecular formula is C18H21FN2O3S. The molecule has 2 aromatic carbocycles. The van der Waals surface area contributed by atoms with Crippen LogP contribution in [0.4, 0.5) is 4.39 Å². The molecule has 2 aromatic rings. The summed E-state index contributed by atoms with van der Waals surface area (Å²) in [5.41, 5.74) is 0.869. The molecule has 0 amide bonds. The molecule has 25 heavy (non-hydrogen) atoms. The monoisotopic (exact) mass is 364 g/mol. The topological polar surface area (TPSA) is 58.6 Å². The SMILES string of the molecule is O=S(=O)(N[C@H](CN1CCOCC1)c1ccccc1)c1cccc(F)c1. The smallest absolute Gasteiger partial charge is 0.241 e. The molecule has 3 rings (SSSR count). The lowest BCUT2D eigenvalue weighted by molar-refractivity contribution is 0.0345. The van der Waals surface area contributed by atoms with E-state index in [0.29, 0.717) is 19.8 Å². The van der Waals surface area contributed by atoms with Crippen molar-refractivity contribution in [2.75, 3.05) is 32.8 Å². The molecule has 134 valence electrons. The van der Waals surface area contributed by atoms with E-state index in [2.05, 4.69) is 9.62 Å². The highest BCUT2D eigenvalue weighted by Gasteiger charge is 2.24. The highest BCUT2D eigenvalue weighted by molar-refractivity contribution is 7.89. The van der Waals surface area contributed by atoms with Crippen molar-refractivity contribution in [3.63, 3.8) is 0 Å². The minimum Gasteiger partial charge on any atom is -0.379 e. The van der Waals surface area contributed by atoms with Crippen LogP contribution in [0, 0.1) is 5.82 Å². The van der Waals surface area contributed by atoms with Crippen LogP contribution in [0.2, 0.25) is 0 Å². The van der Waals surface area contributed by atoms with Crippen LogP contribution in [0.25, 0.3) is 0 Å². The van der Waals surface area contributed by atoms with Crippen LogP contribution in [-0.4, -0.2) is 46.2 Å². The average Bonchev–Trinajstić information content (AvgIpc) is 2.63. The normalized spacial score (nSPS) is 17.3. The van der Waals surface area contributed by atoms with Crippen LogP contribution in [0.3, 0.4) is 0 Å². The van der Waals surface area contributed by atoms with Gasteiger partial charge in [0, 0.05) is 19.6 Å². The molecule has 1 aliphatic heterocycles. The van der Waals surface area contributed by atoms with Crippen molar-refractivity contribution in [2.24, 2.45) is 0 Å². The fraction of sp³-hybridized carbons (Fsp3) is 0.333. The summed E-state index contributed by atoms with van der Waals surface area (Å²) in [6.45, 7) is 3.31. The number of rotatable bonds is 6. The van der Waals surface area contributed by atoms with Crippen molar-refractivity contribution in [2.45, 2.75) is 10.9 Å². The molecule has 1 heterocycles. The Morgan fingerprint density at radius 1 is 1.08 bits per heavy atom. The number of nitrogens with one attached hydrogen (secondary N) is 1. The lowest BCUT2D eigenvalue weighted by Crippen LogP contribution is -2.43. The zero-order valence-corrected chi connectivity index (χ0v) is 14.6. The molecule has 0 bridgehead atoms. The summed E-state index contributed by atoms with van der Waals surface area (Å²) in [4.78, 5) is 2.09. The van der Waals surface area contributed by atoms with Gasteiger partial charge < -0.3 is 4.74 Å². The first kappa shape index (κ1) is 18.0. The van der Waals surface area contributed by atoms with E-state index >= 15 is 0 Å². The van der Waals surface area contributed by atoms with Gasteiger partial charge in [0.1, 0.15) is 5.82 Å². The molecule has 1 N–H and O–H groups in total. The van der Waals surface area contributed by atoms with Crippen molar-refractivity contribution >= 4 is 10.0 Å². The maximum Gasteiger partial charge on any atom is 0.241 e. The molecule has 0 aromatic heterocycles. The van der Waals surface area contributed by atoms with E-state index in [9.17, 15) is 12.8 Å². The summed E-state index contributed by atoms with van der Waals surface area (Å²) in [5.74, 6) is -0.577. The van der Waals surface area contributed by atoms with Gasteiger partial charge in [-0.05, 0) is 23.8 Å². The molecule has 1 atom stereocenters. The first-order valence-corrected chi connectivity index (χ1v) is 9.66.